The molecule has 0 unspecified atom stereocenters. The second-order valence-electron chi connectivity index (χ2n) is 12.1. The Labute approximate surface area is 228 Å². The van der Waals surface area contributed by atoms with Gasteiger partial charge in [-0.25, -0.2) is 4.79 Å². The third kappa shape index (κ3) is 4.69. The summed E-state index contributed by atoms with van der Waals surface area (Å²) in [5.41, 5.74) is -1.66. The summed E-state index contributed by atoms with van der Waals surface area (Å²) < 4.78 is 30.2. The van der Waals surface area contributed by atoms with Crippen molar-refractivity contribution in [1.29, 1.82) is 0 Å². The van der Waals surface area contributed by atoms with Crippen LogP contribution < -0.4 is 0 Å². The van der Waals surface area contributed by atoms with Crippen molar-refractivity contribution in [3.05, 3.63) is 36.0 Å². The highest BCUT2D eigenvalue weighted by Crippen LogP contribution is 2.72. The molecule has 5 aliphatic rings. The van der Waals surface area contributed by atoms with E-state index in [1.165, 1.54) is 12.2 Å². The zero-order valence-corrected chi connectivity index (χ0v) is 22.9. The van der Waals surface area contributed by atoms with E-state index in [9.17, 15) is 24.9 Å². The van der Waals surface area contributed by atoms with Crippen LogP contribution in [0.3, 0.4) is 0 Å². The van der Waals surface area contributed by atoms with Crippen molar-refractivity contribution >= 4 is 11.9 Å². The van der Waals surface area contributed by atoms with E-state index in [1.54, 1.807) is 26.0 Å². The number of ether oxygens (including phenoxy) is 5. The lowest BCUT2D eigenvalue weighted by atomic mass is 9.51. The number of aliphatic hydroxyl groups excluding tert-OH is 3. The van der Waals surface area contributed by atoms with E-state index in [-0.39, 0.29) is 32.2 Å². The molecule has 0 aromatic heterocycles. The van der Waals surface area contributed by atoms with E-state index in [0.29, 0.717) is 13.0 Å². The summed E-state index contributed by atoms with van der Waals surface area (Å²) in [6, 6.07) is 0. The number of epoxide rings is 1. The summed E-state index contributed by atoms with van der Waals surface area (Å²) in [6.45, 7) is 7.40. The van der Waals surface area contributed by atoms with Crippen molar-refractivity contribution in [3.63, 3.8) is 0 Å². The van der Waals surface area contributed by atoms with Gasteiger partial charge in [-0.05, 0) is 31.8 Å². The number of rotatable bonds is 1. The van der Waals surface area contributed by atoms with Crippen LogP contribution in [0.15, 0.2) is 36.0 Å². The van der Waals surface area contributed by atoms with Gasteiger partial charge in [-0.15, -0.1) is 0 Å². The fourth-order valence-corrected chi connectivity index (χ4v) is 7.02. The average molecular weight is 549 g/mol. The molecule has 0 aromatic carbocycles. The molecule has 10 heteroatoms. The van der Waals surface area contributed by atoms with Gasteiger partial charge in [-0.3, -0.25) is 4.79 Å². The molecule has 3 aliphatic heterocycles. The van der Waals surface area contributed by atoms with Gasteiger partial charge in [0.1, 0.15) is 24.4 Å². The van der Waals surface area contributed by atoms with Crippen LogP contribution in [-0.4, -0.2) is 95.4 Å². The van der Waals surface area contributed by atoms with Crippen molar-refractivity contribution in [2.24, 2.45) is 16.7 Å². The number of hydrogen-bond donors (Lipinski definition) is 3. The zero-order chi connectivity index (χ0) is 28.2. The number of allylic oxidation sites excluding steroid dienone is 2. The summed E-state index contributed by atoms with van der Waals surface area (Å²) in [4.78, 5) is 26.0. The molecule has 0 aromatic rings. The first-order valence-corrected chi connectivity index (χ1v) is 13.8. The maximum absolute atomic E-state index is 13.1. The highest BCUT2D eigenvalue weighted by molar-refractivity contribution is 5.82. The molecule has 2 saturated heterocycles. The molecule has 10 nitrogen and oxygen atoms in total. The highest BCUT2D eigenvalue weighted by Gasteiger charge is 2.83. The first-order chi connectivity index (χ1) is 18.4. The Bertz CT molecular complexity index is 1060. The van der Waals surface area contributed by atoms with Crippen LogP contribution in [0.25, 0.3) is 0 Å². The molecule has 3 N–H and O–H groups in total. The predicted molar refractivity (Wildman–Crippen MR) is 137 cm³/mol. The van der Waals surface area contributed by atoms with Gasteiger partial charge in [0.25, 0.3) is 0 Å². The van der Waals surface area contributed by atoms with Gasteiger partial charge in [-0.2, -0.15) is 0 Å². The molecule has 3 fully saturated rings. The number of cyclic esters (lactones) is 1. The Morgan fingerprint density at radius 3 is 2.56 bits per heavy atom. The smallest absolute Gasteiger partial charge is 0.331 e. The van der Waals surface area contributed by atoms with Crippen LogP contribution in [0.5, 0.6) is 0 Å². The Hall–Kier alpha value is -2.08. The standard InChI is InChI=1S/C29H40O10/c1-16-9-23-28(12-19(16)31)14-36-26(34)10-17(2)20(32)13-35-21(18(3)30)7-5-6-8-25(33)39-22-11-24(38-23)29(15-37-29)27(22,28)4/h5-9,17-24,30-32H,10-15H2,1-4H3/b7-5+,8-6-/t17-,18+,19+,20-,21+,22+,23+,24+,27+,28+,29+/m0/s1. The molecule has 39 heavy (non-hydrogen) atoms. The molecule has 3 heterocycles. The van der Waals surface area contributed by atoms with Crippen molar-refractivity contribution < 1.29 is 48.6 Å². The first kappa shape index (κ1) is 28.4. The summed E-state index contributed by atoms with van der Waals surface area (Å²) in [5, 5.41) is 31.7. The molecule has 1 saturated carbocycles. The van der Waals surface area contributed by atoms with E-state index < -0.39 is 70.9 Å². The number of aliphatic hydroxyl groups is 3. The third-order valence-electron chi connectivity index (χ3n) is 9.79. The van der Waals surface area contributed by atoms with Gasteiger partial charge in [-0.1, -0.05) is 38.2 Å². The molecule has 0 radical (unpaired) electrons. The van der Waals surface area contributed by atoms with Crippen LogP contribution in [0.1, 0.15) is 47.0 Å². The Balaban J connectivity index is 1.52. The van der Waals surface area contributed by atoms with Crippen LogP contribution >= 0.6 is 0 Å². The molecule has 2 spiro atoms. The lowest BCUT2D eigenvalue weighted by Crippen LogP contribution is -2.68. The van der Waals surface area contributed by atoms with Crippen LogP contribution in [-0.2, 0) is 33.3 Å². The minimum absolute atomic E-state index is 0.0547. The lowest BCUT2D eigenvalue weighted by Gasteiger charge is -2.58. The molecule has 5 rings (SSSR count). The van der Waals surface area contributed by atoms with Gasteiger partial charge >= 0.3 is 11.9 Å². The first-order valence-electron chi connectivity index (χ1n) is 13.8. The summed E-state index contributed by atoms with van der Waals surface area (Å²) >= 11 is 0. The van der Waals surface area contributed by atoms with E-state index in [0.717, 1.165) is 5.57 Å². The van der Waals surface area contributed by atoms with Crippen molar-refractivity contribution in [2.45, 2.75) is 95.3 Å². The van der Waals surface area contributed by atoms with E-state index >= 15 is 0 Å². The Kier molecular flexibility index (Phi) is 7.58. The molecule has 2 bridgehead atoms. The molecule has 2 aliphatic carbocycles. The van der Waals surface area contributed by atoms with E-state index in [2.05, 4.69) is 0 Å². The van der Waals surface area contributed by atoms with Gasteiger partial charge < -0.3 is 39.0 Å². The number of carbonyl (C=O) groups is 2. The van der Waals surface area contributed by atoms with Crippen molar-refractivity contribution in [2.75, 3.05) is 19.8 Å². The monoisotopic (exact) mass is 548 g/mol. The summed E-state index contributed by atoms with van der Waals surface area (Å²) in [5.74, 6) is -1.53. The lowest BCUT2D eigenvalue weighted by molar-refractivity contribution is -0.239. The fourth-order valence-electron chi connectivity index (χ4n) is 7.02. The third-order valence-corrected chi connectivity index (χ3v) is 9.79. The van der Waals surface area contributed by atoms with Crippen LogP contribution in [0, 0.1) is 16.7 Å². The van der Waals surface area contributed by atoms with Gasteiger partial charge in [0.2, 0.25) is 0 Å². The highest BCUT2D eigenvalue weighted by atomic mass is 16.6. The fraction of sp³-hybridized carbons (Fsp3) is 0.724. The maximum Gasteiger partial charge on any atom is 0.331 e. The van der Waals surface area contributed by atoms with E-state index in [4.69, 9.17) is 23.7 Å². The average Bonchev–Trinajstić information content (AvgIpc) is 3.65. The van der Waals surface area contributed by atoms with Gasteiger partial charge in [0, 0.05) is 17.9 Å². The number of carbonyl (C=O) groups excluding carboxylic acids is 2. The Morgan fingerprint density at radius 1 is 1.13 bits per heavy atom. The molecular weight excluding hydrogens is 508 g/mol. The number of esters is 2. The van der Waals surface area contributed by atoms with E-state index in [1.807, 2.05) is 19.9 Å². The zero-order valence-electron chi connectivity index (χ0n) is 22.9. The van der Waals surface area contributed by atoms with Crippen LogP contribution in [0.4, 0.5) is 0 Å². The minimum atomic E-state index is -0.969. The minimum Gasteiger partial charge on any atom is -0.465 e. The molecule has 11 atom stereocenters. The van der Waals surface area contributed by atoms with Crippen LogP contribution in [0.2, 0.25) is 0 Å². The second-order valence-corrected chi connectivity index (χ2v) is 12.1. The van der Waals surface area contributed by atoms with Crippen molar-refractivity contribution in [1.82, 2.24) is 0 Å². The van der Waals surface area contributed by atoms with Gasteiger partial charge in [0.15, 0.2) is 0 Å². The summed E-state index contributed by atoms with van der Waals surface area (Å²) in [7, 11) is 0. The molecule has 216 valence electrons. The quantitative estimate of drug-likeness (QED) is 0.250. The molecular formula is C29H40O10. The topological polar surface area (TPSA) is 144 Å². The summed E-state index contributed by atoms with van der Waals surface area (Å²) in [6.07, 6.45) is 3.77. The maximum atomic E-state index is 13.1. The molecule has 0 amide bonds. The van der Waals surface area contributed by atoms with Crippen molar-refractivity contribution in [3.8, 4) is 0 Å². The SMILES string of the molecule is CC1=C[C@H]2O[C@@H]3C[C@H]4OC(=O)/C=C\C=C\[C@H]([C@@H](C)O)OC[C@H](O)[C@@H](C)CC(=O)OC[C@@]2(C[C@H]1O)[C@]4(C)[C@@]31CO1. The largest absolute Gasteiger partial charge is 0.465 e. The normalized spacial score (nSPS) is 49.0. The predicted octanol–water partition coefficient (Wildman–Crippen LogP) is 1.36. The number of hydrogen-bond acceptors (Lipinski definition) is 10. The van der Waals surface area contributed by atoms with Gasteiger partial charge in [0.05, 0.1) is 55.6 Å². The Morgan fingerprint density at radius 2 is 1.87 bits per heavy atom. The second kappa shape index (κ2) is 10.4.